The molecule has 2 aliphatic rings. The number of aromatic amines is 1. The predicted molar refractivity (Wildman–Crippen MR) is 125 cm³/mol. The molecule has 9 nitrogen and oxygen atoms in total. The van der Waals surface area contributed by atoms with Gasteiger partial charge in [0, 0.05) is 23.5 Å². The number of aromatic nitrogens is 4. The quantitative estimate of drug-likeness (QED) is 0.477. The second-order valence-corrected chi connectivity index (χ2v) is 11.7. The van der Waals surface area contributed by atoms with Crippen molar-refractivity contribution in [3.05, 3.63) is 45.2 Å². The Labute approximate surface area is 194 Å². The van der Waals surface area contributed by atoms with Crippen LogP contribution < -0.4 is 5.69 Å². The summed E-state index contributed by atoms with van der Waals surface area (Å²) in [6.07, 6.45) is 3.06. The standard InChI is InChI=1S/C22H23N5O4S2/c1-13-5-6-16-17(11-13)32-21-18(16)20-23-19(25-27(20)22(28)24-21)14-3-2-4-15(12-14)33(29,30)26-7-9-31-10-8-26/h2-4,12-13H,5-11H2,1H3,(H,24,28). The molecular weight excluding hydrogens is 462 g/mol. The van der Waals surface area contributed by atoms with Gasteiger partial charge in [-0.2, -0.15) is 8.82 Å². The first-order chi connectivity index (χ1) is 15.9. The summed E-state index contributed by atoms with van der Waals surface area (Å²) < 4.78 is 34.2. The minimum absolute atomic E-state index is 0.182. The van der Waals surface area contributed by atoms with Gasteiger partial charge in [-0.3, -0.25) is 4.98 Å². The average molecular weight is 486 g/mol. The molecule has 172 valence electrons. The third kappa shape index (κ3) is 3.41. The number of nitrogens with zero attached hydrogens (tertiary/aromatic N) is 4. The number of H-pyrrole nitrogens is 1. The lowest BCUT2D eigenvalue weighted by molar-refractivity contribution is 0.0730. The van der Waals surface area contributed by atoms with E-state index in [2.05, 4.69) is 17.0 Å². The van der Waals surface area contributed by atoms with Gasteiger partial charge in [-0.15, -0.1) is 16.4 Å². The molecule has 0 radical (unpaired) electrons. The number of morpholine rings is 1. The van der Waals surface area contributed by atoms with Crippen LogP contribution >= 0.6 is 11.3 Å². The van der Waals surface area contributed by atoms with E-state index in [1.807, 2.05) is 0 Å². The zero-order valence-electron chi connectivity index (χ0n) is 18.1. The van der Waals surface area contributed by atoms with E-state index in [0.717, 1.165) is 29.5 Å². The van der Waals surface area contributed by atoms with Crippen LogP contribution in [-0.2, 0) is 27.6 Å². The Balaban J connectivity index is 1.48. The number of hydrogen-bond donors (Lipinski definition) is 1. The van der Waals surface area contributed by atoms with Crippen LogP contribution in [0.2, 0.25) is 0 Å². The summed E-state index contributed by atoms with van der Waals surface area (Å²) in [6, 6.07) is 6.60. The summed E-state index contributed by atoms with van der Waals surface area (Å²) in [5.74, 6) is 0.953. The number of aryl methyl sites for hydroxylation is 1. The number of fused-ring (bicyclic) bond motifs is 5. The molecule has 0 bridgehead atoms. The molecule has 1 aliphatic heterocycles. The second kappa shape index (κ2) is 7.73. The van der Waals surface area contributed by atoms with E-state index in [1.165, 1.54) is 19.3 Å². The van der Waals surface area contributed by atoms with Crippen molar-refractivity contribution in [1.29, 1.82) is 0 Å². The molecule has 1 fully saturated rings. The van der Waals surface area contributed by atoms with Gasteiger partial charge >= 0.3 is 5.69 Å². The smallest absolute Gasteiger partial charge is 0.349 e. The maximum absolute atomic E-state index is 13.1. The van der Waals surface area contributed by atoms with Crippen molar-refractivity contribution in [2.75, 3.05) is 26.3 Å². The highest BCUT2D eigenvalue weighted by molar-refractivity contribution is 7.89. The molecule has 0 amide bonds. The molecule has 4 aromatic rings. The molecule has 1 aliphatic carbocycles. The van der Waals surface area contributed by atoms with Crippen LogP contribution in [0, 0.1) is 5.92 Å². The fourth-order valence-corrected chi connectivity index (χ4v) is 7.55. The lowest BCUT2D eigenvalue weighted by Crippen LogP contribution is -2.40. The lowest BCUT2D eigenvalue weighted by Gasteiger charge is -2.26. The van der Waals surface area contributed by atoms with E-state index in [0.29, 0.717) is 49.3 Å². The van der Waals surface area contributed by atoms with Crippen molar-refractivity contribution in [3.63, 3.8) is 0 Å². The Morgan fingerprint density at radius 3 is 2.88 bits per heavy atom. The van der Waals surface area contributed by atoms with Crippen molar-refractivity contribution in [2.45, 2.75) is 31.1 Å². The maximum atomic E-state index is 13.1. The van der Waals surface area contributed by atoms with Crippen LogP contribution in [0.1, 0.15) is 23.8 Å². The van der Waals surface area contributed by atoms with Crippen LogP contribution in [0.3, 0.4) is 0 Å². The Hall–Kier alpha value is -2.60. The van der Waals surface area contributed by atoms with E-state index >= 15 is 0 Å². The number of benzene rings is 1. The van der Waals surface area contributed by atoms with Gasteiger partial charge in [-0.25, -0.2) is 18.2 Å². The third-order valence-corrected chi connectivity index (χ3v) is 9.52. The highest BCUT2D eigenvalue weighted by Gasteiger charge is 2.28. The molecule has 11 heteroatoms. The summed E-state index contributed by atoms with van der Waals surface area (Å²) in [5.41, 5.74) is 1.98. The Morgan fingerprint density at radius 1 is 1.24 bits per heavy atom. The van der Waals surface area contributed by atoms with Gasteiger partial charge in [0.1, 0.15) is 4.83 Å². The largest absolute Gasteiger partial charge is 0.379 e. The van der Waals surface area contributed by atoms with E-state index in [9.17, 15) is 13.2 Å². The molecule has 1 saturated heterocycles. The van der Waals surface area contributed by atoms with Gasteiger partial charge in [0.15, 0.2) is 11.5 Å². The van der Waals surface area contributed by atoms with Crippen molar-refractivity contribution >= 4 is 37.2 Å². The summed E-state index contributed by atoms with van der Waals surface area (Å²) in [5, 5.41) is 5.41. The number of nitrogens with one attached hydrogen (secondary N) is 1. The number of sulfonamides is 1. The molecule has 33 heavy (non-hydrogen) atoms. The first kappa shape index (κ1) is 21.0. The molecule has 0 saturated carbocycles. The topological polar surface area (TPSA) is 110 Å². The molecule has 4 heterocycles. The minimum Gasteiger partial charge on any atom is -0.379 e. The van der Waals surface area contributed by atoms with Gasteiger partial charge in [0.2, 0.25) is 10.0 Å². The van der Waals surface area contributed by atoms with Gasteiger partial charge in [0.05, 0.1) is 23.5 Å². The Bertz CT molecular complexity index is 1550. The van der Waals surface area contributed by atoms with Crippen molar-refractivity contribution in [2.24, 2.45) is 5.92 Å². The first-order valence-electron chi connectivity index (χ1n) is 11.0. The molecule has 0 spiro atoms. The monoisotopic (exact) mass is 485 g/mol. The van der Waals surface area contributed by atoms with Crippen LogP contribution in [0.5, 0.6) is 0 Å². The Kier molecular flexibility index (Phi) is 4.91. The fraction of sp³-hybridized carbons (Fsp3) is 0.409. The number of rotatable bonds is 3. The van der Waals surface area contributed by atoms with Gasteiger partial charge < -0.3 is 4.74 Å². The summed E-state index contributed by atoms with van der Waals surface area (Å²) in [6.45, 7) is 3.67. The van der Waals surface area contributed by atoms with Gasteiger partial charge in [-0.05, 0) is 42.9 Å². The molecule has 6 rings (SSSR count). The number of ether oxygens (including phenoxy) is 1. The van der Waals surface area contributed by atoms with Gasteiger partial charge in [0.25, 0.3) is 0 Å². The average Bonchev–Trinajstić information content (AvgIpc) is 3.41. The van der Waals surface area contributed by atoms with Crippen LogP contribution in [0.4, 0.5) is 0 Å². The molecule has 1 unspecified atom stereocenters. The summed E-state index contributed by atoms with van der Waals surface area (Å²) in [4.78, 5) is 22.7. The zero-order chi connectivity index (χ0) is 22.7. The Morgan fingerprint density at radius 2 is 2.06 bits per heavy atom. The number of thiophene rings is 1. The van der Waals surface area contributed by atoms with Crippen LogP contribution in [-0.4, -0.2) is 58.6 Å². The lowest BCUT2D eigenvalue weighted by atomic mass is 9.89. The van der Waals surface area contributed by atoms with Crippen molar-refractivity contribution in [3.8, 4) is 11.4 Å². The first-order valence-corrected chi connectivity index (χ1v) is 13.3. The third-order valence-electron chi connectivity index (χ3n) is 6.46. The highest BCUT2D eigenvalue weighted by atomic mass is 32.2. The van der Waals surface area contributed by atoms with Crippen molar-refractivity contribution < 1.29 is 13.2 Å². The molecule has 1 N–H and O–H groups in total. The van der Waals surface area contributed by atoms with E-state index in [-0.39, 0.29) is 10.6 Å². The molecule has 1 aromatic carbocycles. The predicted octanol–water partition coefficient (Wildman–Crippen LogP) is 2.45. The minimum atomic E-state index is -3.65. The van der Waals surface area contributed by atoms with Crippen molar-refractivity contribution in [1.82, 2.24) is 23.9 Å². The van der Waals surface area contributed by atoms with Gasteiger partial charge in [-0.1, -0.05) is 19.1 Å². The number of hydrogen-bond acceptors (Lipinski definition) is 7. The van der Waals surface area contributed by atoms with Crippen LogP contribution in [0.25, 0.3) is 27.3 Å². The molecular formula is C22H23N5O4S2. The SMILES string of the molecule is CC1CCc2c(sc3[nH]c(=O)n4nc(-c5cccc(S(=O)(=O)N6CCOCC6)c5)nc4c23)C1. The molecule has 3 aromatic heterocycles. The summed E-state index contributed by atoms with van der Waals surface area (Å²) in [7, 11) is -3.65. The second-order valence-electron chi connectivity index (χ2n) is 8.70. The highest BCUT2D eigenvalue weighted by Crippen LogP contribution is 2.38. The zero-order valence-corrected chi connectivity index (χ0v) is 19.7. The fourth-order valence-electron chi connectivity index (χ4n) is 4.69. The maximum Gasteiger partial charge on any atom is 0.349 e. The normalized spacial score (nSPS) is 19.8. The summed E-state index contributed by atoms with van der Waals surface area (Å²) >= 11 is 1.63. The van der Waals surface area contributed by atoms with E-state index in [4.69, 9.17) is 9.72 Å². The van der Waals surface area contributed by atoms with E-state index < -0.39 is 10.0 Å². The van der Waals surface area contributed by atoms with E-state index in [1.54, 1.807) is 35.6 Å². The molecule has 1 atom stereocenters. The van der Waals surface area contributed by atoms with Crippen LogP contribution in [0.15, 0.2) is 34.0 Å².